The fraction of sp³-hybridized carbons (Fsp3) is 0.0667. The monoisotopic (exact) mass is 570 g/mol. The van der Waals surface area contributed by atoms with Gasteiger partial charge in [0.15, 0.2) is 0 Å². The standard InChI is InChI=1S/C30H20Br2S/c31-25-15-7-13-21-27(17-23(29(21)25)19-9-3-1-4-10-19)33-28-18-24(20-11-5-2-6-12-20)30-22(28)14-8-16-26(30)32/h1-18,23-24H. The quantitative estimate of drug-likeness (QED) is 0.235. The third-order valence-corrected chi connectivity index (χ3v) is 8.97. The fourth-order valence-electron chi connectivity index (χ4n) is 4.93. The highest BCUT2D eigenvalue weighted by Crippen LogP contribution is 2.55. The maximum Gasteiger partial charge on any atom is 0.0301 e. The van der Waals surface area contributed by atoms with Crippen molar-refractivity contribution in [3.8, 4) is 0 Å². The van der Waals surface area contributed by atoms with Gasteiger partial charge in [-0.2, -0.15) is 0 Å². The second-order valence-corrected chi connectivity index (χ2v) is 11.1. The first-order valence-electron chi connectivity index (χ1n) is 11.0. The Kier molecular flexibility index (Phi) is 5.65. The van der Waals surface area contributed by atoms with Crippen molar-refractivity contribution in [1.82, 2.24) is 0 Å². The molecule has 33 heavy (non-hydrogen) atoms. The largest absolute Gasteiger partial charge is 0.0894 e. The van der Waals surface area contributed by atoms with Gasteiger partial charge in [0, 0.05) is 30.6 Å². The molecule has 3 heteroatoms. The van der Waals surface area contributed by atoms with Crippen LogP contribution in [0.4, 0.5) is 0 Å². The van der Waals surface area contributed by atoms with E-state index >= 15 is 0 Å². The average Bonchev–Trinajstić information content (AvgIpc) is 3.41. The van der Waals surface area contributed by atoms with Crippen molar-refractivity contribution in [1.29, 1.82) is 0 Å². The van der Waals surface area contributed by atoms with E-state index in [1.807, 2.05) is 11.8 Å². The van der Waals surface area contributed by atoms with Crippen molar-refractivity contribution in [2.75, 3.05) is 0 Å². The van der Waals surface area contributed by atoms with Crippen molar-refractivity contribution in [2.45, 2.75) is 11.8 Å². The highest BCUT2D eigenvalue weighted by Gasteiger charge is 2.31. The summed E-state index contributed by atoms with van der Waals surface area (Å²) >= 11 is 9.57. The highest BCUT2D eigenvalue weighted by molar-refractivity contribution is 9.10. The molecule has 2 aliphatic rings. The first-order chi connectivity index (χ1) is 16.2. The van der Waals surface area contributed by atoms with E-state index in [1.54, 1.807) is 0 Å². The van der Waals surface area contributed by atoms with Gasteiger partial charge in [-0.25, -0.2) is 0 Å². The molecular formula is C30H20Br2S. The molecule has 2 unspecified atom stereocenters. The van der Waals surface area contributed by atoms with E-state index in [0.717, 1.165) is 0 Å². The summed E-state index contributed by atoms with van der Waals surface area (Å²) in [6.07, 6.45) is 4.87. The lowest BCUT2D eigenvalue weighted by Gasteiger charge is -2.13. The first-order valence-corrected chi connectivity index (χ1v) is 13.4. The molecule has 0 aromatic heterocycles. The van der Waals surface area contributed by atoms with E-state index in [-0.39, 0.29) is 11.8 Å². The number of benzene rings is 4. The summed E-state index contributed by atoms with van der Waals surface area (Å²) in [7, 11) is 0. The maximum atomic E-state index is 3.84. The number of hydrogen-bond acceptors (Lipinski definition) is 1. The fourth-order valence-corrected chi connectivity index (χ4v) is 7.37. The molecule has 0 N–H and O–H groups in total. The van der Waals surface area contributed by atoms with E-state index in [9.17, 15) is 0 Å². The normalized spacial score (nSPS) is 18.5. The third-order valence-electron chi connectivity index (χ3n) is 6.43. The van der Waals surface area contributed by atoms with Crippen molar-refractivity contribution >= 4 is 53.4 Å². The van der Waals surface area contributed by atoms with Crippen LogP contribution in [0.2, 0.25) is 0 Å². The van der Waals surface area contributed by atoms with Gasteiger partial charge in [-0.1, -0.05) is 141 Å². The second-order valence-electron chi connectivity index (χ2n) is 8.34. The molecule has 0 heterocycles. The van der Waals surface area contributed by atoms with E-state index in [4.69, 9.17) is 0 Å². The van der Waals surface area contributed by atoms with Crippen LogP contribution < -0.4 is 0 Å². The minimum Gasteiger partial charge on any atom is -0.0894 e. The lowest BCUT2D eigenvalue weighted by molar-refractivity contribution is 1.04. The number of hydrogen-bond donors (Lipinski definition) is 0. The highest BCUT2D eigenvalue weighted by atomic mass is 79.9. The van der Waals surface area contributed by atoms with Crippen LogP contribution in [0.25, 0.3) is 9.81 Å². The number of rotatable bonds is 4. The first kappa shape index (κ1) is 21.2. The van der Waals surface area contributed by atoms with Gasteiger partial charge in [-0.05, 0) is 45.5 Å². The number of fused-ring (bicyclic) bond motifs is 2. The predicted molar refractivity (Wildman–Crippen MR) is 148 cm³/mol. The van der Waals surface area contributed by atoms with E-state index in [1.165, 1.54) is 52.1 Å². The van der Waals surface area contributed by atoms with Gasteiger partial charge in [0.05, 0.1) is 0 Å². The van der Waals surface area contributed by atoms with Gasteiger partial charge < -0.3 is 0 Å². The van der Waals surface area contributed by atoms with Crippen LogP contribution in [0.5, 0.6) is 0 Å². The van der Waals surface area contributed by atoms with Crippen LogP contribution in [0.15, 0.2) is 118 Å². The molecule has 0 spiro atoms. The molecular weight excluding hydrogens is 552 g/mol. The van der Waals surface area contributed by atoms with Gasteiger partial charge in [-0.3, -0.25) is 0 Å². The summed E-state index contributed by atoms with van der Waals surface area (Å²) in [4.78, 5) is 2.65. The molecule has 160 valence electrons. The Morgan fingerprint density at radius 2 is 0.909 bits per heavy atom. The summed E-state index contributed by atoms with van der Waals surface area (Å²) in [5.41, 5.74) is 8.02. The molecule has 6 rings (SSSR count). The summed E-state index contributed by atoms with van der Waals surface area (Å²) in [6, 6.07) is 34.7. The molecule has 0 radical (unpaired) electrons. The van der Waals surface area contributed by atoms with E-state index < -0.39 is 0 Å². The topological polar surface area (TPSA) is 0 Å². The van der Waals surface area contributed by atoms with E-state index in [0.29, 0.717) is 0 Å². The molecule has 0 nitrogen and oxygen atoms in total. The number of allylic oxidation sites excluding steroid dienone is 2. The van der Waals surface area contributed by atoms with Crippen LogP contribution in [-0.4, -0.2) is 0 Å². The summed E-state index contributed by atoms with van der Waals surface area (Å²) < 4.78 is 2.35. The number of halogens is 2. The van der Waals surface area contributed by atoms with Gasteiger partial charge >= 0.3 is 0 Å². The zero-order valence-electron chi connectivity index (χ0n) is 17.7. The maximum absolute atomic E-state index is 3.84. The molecule has 0 saturated heterocycles. The van der Waals surface area contributed by atoms with Crippen molar-refractivity contribution in [2.24, 2.45) is 0 Å². The van der Waals surface area contributed by atoms with Crippen molar-refractivity contribution in [3.05, 3.63) is 152 Å². The van der Waals surface area contributed by atoms with Crippen molar-refractivity contribution in [3.63, 3.8) is 0 Å². The minimum atomic E-state index is 0.258. The molecule has 0 amide bonds. The van der Waals surface area contributed by atoms with Crippen LogP contribution in [0, 0.1) is 0 Å². The second kappa shape index (κ2) is 8.79. The molecule has 2 aliphatic carbocycles. The lowest BCUT2D eigenvalue weighted by atomic mass is 9.93. The van der Waals surface area contributed by atoms with Crippen LogP contribution in [0.1, 0.15) is 45.2 Å². The Labute approximate surface area is 215 Å². The predicted octanol–water partition coefficient (Wildman–Crippen LogP) is 9.62. The zero-order valence-corrected chi connectivity index (χ0v) is 21.7. The third kappa shape index (κ3) is 3.77. The molecule has 2 atom stereocenters. The van der Waals surface area contributed by atoms with Gasteiger partial charge in [0.1, 0.15) is 0 Å². The van der Waals surface area contributed by atoms with Crippen molar-refractivity contribution < 1.29 is 0 Å². The summed E-state index contributed by atoms with van der Waals surface area (Å²) in [5.74, 6) is 0.515. The average molecular weight is 572 g/mol. The summed E-state index contributed by atoms with van der Waals surface area (Å²) in [5, 5.41) is 0. The summed E-state index contributed by atoms with van der Waals surface area (Å²) in [6.45, 7) is 0. The SMILES string of the molecule is Brc1cccc2c1C(c1ccccc1)C=C2SC1=CC(c2ccccc2)c2c(Br)cccc21. The molecule has 0 bridgehead atoms. The molecule has 4 aromatic carbocycles. The Hall–Kier alpha value is -2.33. The lowest BCUT2D eigenvalue weighted by Crippen LogP contribution is -1.96. The van der Waals surface area contributed by atoms with E-state index in [2.05, 4.69) is 141 Å². The Bertz CT molecular complexity index is 1300. The Balaban J connectivity index is 1.44. The van der Waals surface area contributed by atoms with Gasteiger partial charge in [0.25, 0.3) is 0 Å². The van der Waals surface area contributed by atoms with Gasteiger partial charge in [0.2, 0.25) is 0 Å². The molecule has 0 aliphatic heterocycles. The molecule has 4 aromatic rings. The van der Waals surface area contributed by atoms with Crippen LogP contribution in [0.3, 0.4) is 0 Å². The van der Waals surface area contributed by atoms with Gasteiger partial charge in [-0.15, -0.1) is 0 Å². The minimum absolute atomic E-state index is 0.258. The van der Waals surface area contributed by atoms with Crippen LogP contribution in [-0.2, 0) is 0 Å². The molecule has 0 fully saturated rings. The molecule has 0 saturated carbocycles. The Morgan fingerprint density at radius 1 is 0.485 bits per heavy atom. The zero-order chi connectivity index (χ0) is 22.4. The Morgan fingerprint density at radius 3 is 1.33 bits per heavy atom. The smallest absolute Gasteiger partial charge is 0.0301 e. The number of thioether (sulfide) groups is 1. The van der Waals surface area contributed by atoms with Crippen LogP contribution >= 0.6 is 43.6 Å².